The topological polar surface area (TPSA) is 54.3 Å². The van der Waals surface area contributed by atoms with Gasteiger partial charge in [-0.05, 0) is 51.0 Å². The summed E-state index contributed by atoms with van der Waals surface area (Å²) in [6, 6.07) is 16.1. The molecule has 6 heteroatoms. The van der Waals surface area contributed by atoms with Crippen LogP contribution in [0.1, 0.15) is 43.9 Å². The predicted octanol–water partition coefficient (Wildman–Crippen LogP) is 4.82. The average molecular weight is 445 g/mol. The van der Waals surface area contributed by atoms with Gasteiger partial charge in [-0.25, -0.2) is 0 Å². The zero-order valence-corrected chi connectivity index (χ0v) is 19.6. The molecule has 0 aliphatic carbocycles. The molecule has 3 rings (SSSR count). The predicted molar refractivity (Wildman–Crippen MR) is 126 cm³/mol. The average Bonchev–Trinajstić information content (AvgIpc) is 3.15. The lowest BCUT2D eigenvalue weighted by molar-refractivity contribution is -0.0600. The minimum absolute atomic E-state index is 0.0637. The summed E-state index contributed by atoms with van der Waals surface area (Å²) < 4.78 is 5.76. The Balaban J connectivity index is 1.62. The fraction of sp³-hybridized carbons (Fsp3) is 0.480. The second-order valence-corrected chi connectivity index (χ2v) is 9.67. The summed E-state index contributed by atoms with van der Waals surface area (Å²) in [6.07, 6.45) is 0.0764. The molecule has 1 aliphatic rings. The van der Waals surface area contributed by atoms with Crippen LogP contribution in [0.25, 0.3) is 0 Å². The highest BCUT2D eigenvalue weighted by molar-refractivity contribution is 6.30. The van der Waals surface area contributed by atoms with Gasteiger partial charge in [-0.15, -0.1) is 0 Å². The molecule has 2 aromatic rings. The van der Waals surface area contributed by atoms with Crippen LogP contribution in [0.5, 0.6) is 0 Å². The van der Waals surface area contributed by atoms with Crippen molar-refractivity contribution < 1.29 is 14.7 Å². The number of oxime groups is 1. The van der Waals surface area contributed by atoms with E-state index in [1.165, 1.54) is 5.56 Å². The number of nitrogens with zero attached hydrogens (tertiary/aromatic N) is 2. The van der Waals surface area contributed by atoms with Gasteiger partial charge in [0, 0.05) is 31.1 Å². The summed E-state index contributed by atoms with van der Waals surface area (Å²) in [5.74, 6) is 0. The second-order valence-electron chi connectivity index (χ2n) is 9.24. The summed E-state index contributed by atoms with van der Waals surface area (Å²) in [5, 5.41) is 15.6. The normalized spacial score (nSPS) is 17.5. The van der Waals surface area contributed by atoms with Crippen molar-refractivity contribution in [1.82, 2.24) is 4.90 Å². The van der Waals surface area contributed by atoms with E-state index in [0.717, 1.165) is 23.3 Å². The van der Waals surface area contributed by atoms with Gasteiger partial charge in [0.1, 0.15) is 6.10 Å². The highest BCUT2D eigenvalue weighted by Crippen LogP contribution is 2.20. The first kappa shape index (κ1) is 23.7. The molecule has 2 aromatic carbocycles. The largest absolute Gasteiger partial charge is 0.390 e. The molecule has 0 fully saturated rings. The molecule has 31 heavy (non-hydrogen) atoms. The van der Waals surface area contributed by atoms with Crippen molar-refractivity contribution in [3.63, 3.8) is 0 Å². The Kier molecular flexibility index (Phi) is 8.11. The SMILES string of the molecule is Cc1ccc(C2=NO[C@@H](CN(Cc3cccc(Cl)c3)C[C@@H](O)COC(C)(C)C)C2)cc1. The number of ether oxygens (including phenoxy) is 1. The highest BCUT2D eigenvalue weighted by atomic mass is 35.5. The molecule has 0 radical (unpaired) electrons. The quantitative estimate of drug-likeness (QED) is 0.602. The molecule has 0 aromatic heterocycles. The zero-order chi connectivity index (χ0) is 22.4. The van der Waals surface area contributed by atoms with E-state index in [0.29, 0.717) is 24.7 Å². The van der Waals surface area contributed by atoms with Gasteiger partial charge in [0.05, 0.1) is 24.0 Å². The minimum atomic E-state index is -0.600. The van der Waals surface area contributed by atoms with Crippen LogP contribution in [0, 0.1) is 6.92 Å². The monoisotopic (exact) mass is 444 g/mol. The van der Waals surface area contributed by atoms with Crippen molar-refractivity contribution >= 4 is 17.3 Å². The Morgan fingerprint density at radius 3 is 2.65 bits per heavy atom. The molecule has 0 saturated carbocycles. The van der Waals surface area contributed by atoms with Crippen LogP contribution in [0.3, 0.4) is 0 Å². The van der Waals surface area contributed by atoms with Gasteiger partial charge >= 0.3 is 0 Å². The fourth-order valence-electron chi connectivity index (χ4n) is 3.52. The van der Waals surface area contributed by atoms with Gasteiger partial charge in [0.2, 0.25) is 0 Å². The van der Waals surface area contributed by atoms with E-state index in [2.05, 4.69) is 41.2 Å². The molecule has 168 valence electrons. The maximum atomic E-state index is 10.6. The minimum Gasteiger partial charge on any atom is -0.390 e. The zero-order valence-electron chi connectivity index (χ0n) is 18.8. The van der Waals surface area contributed by atoms with Crippen LogP contribution < -0.4 is 0 Å². The lowest BCUT2D eigenvalue weighted by Gasteiger charge is -2.28. The van der Waals surface area contributed by atoms with Crippen molar-refractivity contribution in [2.45, 2.75) is 58.5 Å². The molecule has 0 bridgehead atoms. The van der Waals surface area contributed by atoms with Gasteiger partial charge in [-0.1, -0.05) is 58.7 Å². The Labute approximate surface area is 190 Å². The first-order chi connectivity index (χ1) is 14.7. The van der Waals surface area contributed by atoms with Crippen LogP contribution in [0.15, 0.2) is 53.7 Å². The van der Waals surface area contributed by atoms with E-state index < -0.39 is 6.10 Å². The molecule has 0 saturated heterocycles. The molecule has 1 aliphatic heterocycles. The van der Waals surface area contributed by atoms with Gasteiger partial charge in [0.15, 0.2) is 0 Å². The first-order valence-electron chi connectivity index (χ1n) is 10.8. The summed E-state index contributed by atoms with van der Waals surface area (Å²) in [4.78, 5) is 7.93. The molecule has 5 nitrogen and oxygen atoms in total. The third kappa shape index (κ3) is 7.93. The van der Waals surface area contributed by atoms with Crippen molar-refractivity contribution in [3.8, 4) is 0 Å². The smallest absolute Gasteiger partial charge is 0.145 e. The summed E-state index contributed by atoms with van der Waals surface area (Å²) >= 11 is 6.17. The Morgan fingerprint density at radius 2 is 1.97 bits per heavy atom. The van der Waals surface area contributed by atoms with E-state index in [4.69, 9.17) is 21.2 Å². The van der Waals surface area contributed by atoms with Gasteiger partial charge in [-0.3, -0.25) is 4.90 Å². The molecular weight excluding hydrogens is 412 g/mol. The number of rotatable bonds is 9. The number of aliphatic hydroxyl groups excluding tert-OH is 1. The summed E-state index contributed by atoms with van der Waals surface area (Å²) in [6.45, 7) is 10.1. The molecule has 0 spiro atoms. The van der Waals surface area contributed by atoms with Crippen molar-refractivity contribution in [3.05, 3.63) is 70.2 Å². The Morgan fingerprint density at radius 1 is 1.23 bits per heavy atom. The summed E-state index contributed by atoms with van der Waals surface area (Å²) in [7, 11) is 0. The van der Waals surface area contributed by atoms with Gasteiger partial charge in [0.25, 0.3) is 0 Å². The van der Waals surface area contributed by atoms with Gasteiger partial charge in [-0.2, -0.15) is 0 Å². The third-order valence-corrected chi connectivity index (χ3v) is 5.29. The first-order valence-corrected chi connectivity index (χ1v) is 11.1. The number of halogens is 1. The highest BCUT2D eigenvalue weighted by Gasteiger charge is 2.26. The van der Waals surface area contributed by atoms with Gasteiger partial charge < -0.3 is 14.7 Å². The lowest BCUT2D eigenvalue weighted by atomic mass is 10.0. The number of aryl methyl sites for hydroxylation is 1. The number of hydrogen-bond donors (Lipinski definition) is 1. The second kappa shape index (κ2) is 10.6. The molecule has 0 unspecified atom stereocenters. The van der Waals surface area contributed by atoms with E-state index >= 15 is 0 Å². The summed E-state index contributed by atoms with van der Waals surface area (Å²) in [5.41, 5.74) is 4.08. The lowest BCUT2D eigenvalue weighted by Crippen LogP contribution is -2.40. The van der Waals surface area contributed by atoms with Crippen LogP contribution in [0.2, 0.25) is 5.02 Å². The van der Waals surface area contributed by atoms with Crippen LogP contribution in [-0.4, -0.2) is 53.2 Å². The van der Waals surface area contributed by atoms with Crippen molar-refractivity contribution in [2.75, 3.05) is 19.7 Å². The number of hydrogen-bond acceptors (Lipinski definition) is 5. The Hall–Kier alpha value is -1.92. The molecule has 1 heterocycles. The van der Waals surface area contributed by atoms with E-state index in [1.807, 2.05) is 45.0 Å². The van der Waals surface area contributed by atoms with E-state index in [-0.39, 0.29) is 18.3 Å². The maximum absolute atomic E-state index is 10.6. The van der Waals surface area contributed by atoms with Crippen molar-refractivity contribution in [2.24, 2.45) is 5.16 Å². The number of aliphatic hydroxyl groups is 1. The van der Waals surface area contributed by atoms with E-state index in [9.17, 15) is 5.11 Å². The number of benzene rings is 2. The van der Waals surface area contributed by atoms with E-state index in [1.54, 1.807) is 0 Å². The Bertz CT molecular complexity index is 877. The molecular formula is C25H33ClN2O3. The van der Waals surface area contributed by atoms with Crippen LogP contribution in [0.4, 0.5) is 0 Å². The van der Waals surface area contributed by atoms with Crippen LogP contribution >= 0.6 is 11.6 Å². The molecule has 0 amide bonds. The standard InChI is InChI=1S/C25H33ClN2O3/c1-18-8-10-20(11-9-18)24-13-23(31-27-24)16-28(14-19-6-5-7-21(26)12-19)15-22(29)17-30-25(2,3)4/h5-12,22-23,29H,13-17H2,1-4H3/t22-,23-/m1/s1. The fourth-order valence-corrected chi connectivity index (χ4v) is 3.74. The molecule has 2 atom stereocenters. The molecule has 1 N–H and O–H groups in total. The van der Waals surface area contributed by atoms with Crippen LogP contribution in [-0.2, 0) is 16.1 Å². The third-order valence-electron chi connectivity index (χ3n) is 5.05. The van der Waals surface area contributed by atoms with Crippen molar-refractivity contribution in [1.29, 1.82) is 0 Å². The maximum Gasteiger partial charge on any atom is 0.145 e.